The number of aromatic nitrogens is 4. The first-order valence-electron chi connectivity index (χ1n) is 8.52. The van der Waals surface area contributed by atoms with Gasteiger partial charge in [-0.2, -0.15) is 10.2 Å². The second kappa shape index (κ2) is 6.74. The highest BCUT2D eigenvalue weighted by Gasteiger charge is 2.17. The Balaban J connectivity index is 1.78. The lowest BCUT2D eigenvalue weighted by atomic mass is 9.91. The van der Waals surface area contributed by atoms with E-state index in [9.17, 15) is 9.59 Å². The van der Waals surface area contributed by atoms with Gasteiger partial charge in [0, 0.05) is 18.5 Å². The fraction of sp³-hybridized carbons (Fsp3) is 0.368. The minimum atomic E-state index is -0.261. The molecule has 0 spiro atoms. The maximum absolute atomic E-state index is 12.5. The zero-order chi connectivity index (χ0) is 18.9. The zero-order valence-corrected chi connectivity index (χ0v) is 15.5. The summed E-state index contributed by atoms with van der Waals surface area (Å²) in [5.41, 5.74) is 1.33. The molecule has 2 N–H and O–H groups in total. The molecule has 0 atom stereocenters. The standard InChI is InChI=1S/C19H23N5O2/c1-19(2,3)11-12-9-16(24(4)23-12)20-17(25)10-15-13-7-5-6-8-14(13)18(26)22-21-15/h5-9H,10-11H2,1-4H3,(H,20,25)(H,22,26). The number of nitrogens with zero attached hydrogens (tertiary/aromatic N) is 3. The van der Waals surface area contributed by atoms with Gasteiger partial charge < -0.3 is 5.32 Å². The van der Waals surface area contributed by atoms with Crippen LogP contribution in [0.5, 0.6) is 0 Å². The van der Waals surface area contributed by atoms with Crippen LogP contribution in [0.15, 0.2) is 35.1 Å². The Morgan fingerprint density at radius 2 is 1.92 bits per heavy atom. The number of hydrogen-bond donors (Lipinski definition) is 2. The van der Waals surface area contributed by atoms with Gasteiger partial charge in [-0.15, -0.1) is 0 Å². The molecule has 7 nitrogen and oxygen atoms in total. The fourth-order valence-corrected chi connectivity index (χ4v) is 2.92. The number of anilines is 1. The molecule has 136 valence electrons. The minimum Gasteiger partial charge on any atom is -0.311 e. The van der Waals surface area contributed by atoms with Crippen LogP contribution in [0.3, 0.4) is 0 Å². The number of benzene rings is 1. The lowest BCUT2D eigenvalue weighted by Gasteiger charge is -2.15. The van der Waals surface area contributed by atoms with E-state index in [-0.39, 0.29) is 23.3 Å². The molecule has 0 saturated carbocycles. The number of fused-ring (bicyclic) bond motifs is 1. The van der Waals surface area contributed by atoms with Crippen molar-refractivity contribution >= 4 is 22.5 Å². The third kappa shape index (κ3) is 3.99. The highest BCUT2D eigenvalue weighted by atomic mass is 16.1. The molecular weight excluding hydrogens is 330 g/mol. The number of carbonyl (C=O) groups excluding carboxylic acids is 1. The van der Waals surface area contributed by atoms with Crippen molar-refractivity contribution in [2.24, 2.45) is 12.5 Å². The van der Waals surface area contributed by atoms with Gasteiger partial charge in [0.25, 0.3) is 5.56 Å². The first-order chi connectivity index (χ1) is 12.2. The molecule has 0 aliphatic carbocycles. The molecule has 3 rings (SSSR count). The quantitative estimate of drug-likeness (QED) is 0.753. The van der Waals surface area contributed by atoms with E-state index in [4.69, 9.17) is 0 Å². The predicted octanol–water partition coefficient (Wildman–Crippen LogP) is 2.43. The number of aryl methyl sites for hydroxylation is 1. The summed E-state index contributed by atoms with van der Waals surface area (Å²) in [5.74, 6) is 0.433. The smallest absolute Gasteiger partial charge is 0.272 e. The van der Waals surface area contributed by atoms with Gasteiger partial charge in [-0.3, -0.25) is 14.3 Å². The molecule has 1 amide bonds. The van der Waals surface area contributed by atoms with E-state index in [0.29, 0.717) is 22.3 Å². The molecule has 3 aromatic rings. The summed E-state index contributed by atoms with van der Waals surface area (Å²) in [7, 11) is 1.80. The van der Waals surface area contributed by atoms with Crippen LogP contribution in [0.25, 0.3) is 10.8 Å². The van der Waals surface area contributed by atoms with Crippen LogP contribution < -0.4 is 10.9 Å². The molecular formula is C19H23N5O2. The molecule has 0 fully saturated rings. The van der Waals surface area contributed by atoms with Gasteiger partial charge in [0.1, 0.15) is 5.82 Å². The molecule has 0 aliphatic rings. The lowest BCUT2D eigenvalue weighted by molar-refractivity contribution is -0.115. The summed E-state index contributed by atoms with van der Waals surface area (Å²) >= 11 is 0. The van der Waals surface area contributed by atoms with Crippen molar-refractivity contribution < 1.29 is 4.79 Å². The maximum Gasteiger partial charge on any atom is 0.272 e. The van der Waals surface area contributed by atoms with E-state index < -0.39 is 0 Å². The van der Waals surface area contributed by atoms with E-state index in [1.807, 2.05) is 12.1 Å². The highest BCUT2D eigenvalue weighted by molar-refractivity contribution is 5.94. The number of nitrogens with one attached hydrogen (secondary N) is 2. The first kappa shape index (κ1) is 17.8. The number of H-pyrrole nitrogens is 1. The van der Waals surface area contributed by atoms with Crippen LogP contribution in [0.2, 0.25) is 0 Å². The average Bonchev–Trinajstić information content (AvgIpc) is 2.87. The van der Waals surface area contributed by atoms with Crippen molar-refractivity contribution in [1.29, 1.82) is 0 Å². The first-order valence-corrected chi connectivity index (χ1v) is 8.52. The Bertz CT molecular complexity index is 1010. The summed E-state index contributed by atoms with van der Waals surface area (Å²) in [6.07, 6.45) is 0.889. The molecule has 0 bridgehead atoms. The number of hydrogen-bond acceptors (Lipinski definition) is 4. The number of aromatic amines is 1. The third-order valence-corrected chi connectivity index (χ3v) is 4.01. The van der Waals surface area contributed by atoms with Crippen LogP contribution in [-0.2, 0) is 24.7 Å². The molecule has 2 aromatic heterocycles. The van der Waals surface area contributed by atoms with Crippen LogP contribution in [0.1, 0.15) is 32.2 Å². The summed E-state index contributed by atoms with van der Waals surface area (Å²) < 4.78 is 1.66. The van der Waals surface area contributed by atoms with Crippen molar-refractivity contribution in [2.45, 2.75) is 33.6 Å². The number of rotatable bonds is 4. The summed E-state index contributed by atoms with van der Waals surface area (Å²) in [6.45, 7) is 6.44. The van der Waals surface area contributed by atoms with Gasteiger partial charge in [0.05, 0.1) is 23.2 Å². The maximum atomic E-state index is 12.5. The van der Waals surface area contributed by atoms with Gasteiger partial charge in [-0.05, 0) is 17.9 Å². The van der Waals surface area contributed by atoms with Crippen molar-refractivity contribution in [3.8, 4) is 0 Å². The van der Waals surface area contributed by atoms with Crippen molar-refractivity contribution in [2.75, 3.05) is 5.32 Å². The second-order valence-corrected chi connectivity index (χ2v) is 7.65. The van der Waals surface area contributed by atoms with Crippen molar-refractivity contribution in [3.63, 3.8) is 0 Å². The third-order valence-electron chi connectivity index (χ3n) is 4.01. The summed E-state index contributed by atoms with van der Waals surface area (Å²) in [6, 6.07) is 9.02. The van der Waals surface area contributed by atoms with Gasteiger partial charge in [0.2, 0.25) is 5.91 Å². The Morgan fingerprint density at radius 1 is 1.23 bits per heavy atom. The highest BCUT2D eigenvalue weighted by Crippen LogP contribution is 2.21. The van der Waals surface area contributed by atoms with Crippen LogP contribution in [-0.4, -0.2) is 25.9 Å². The van der Waals surface area contributed by atoms with E-state index in [0.717, 1.165) is 12.1 Å². The molecule has 0 radical (unpaired) electrons. The number of carbonyl (C=O) groups is 1. The van der Waals surface area contributed by atoms with Crippen LogP contribution in [0, 0.1) is 5.41 Å². The molecule has 26 heavy (non-hydrogen) atoms. The topological polar surface area (TPSA) is 92.7 Å². The Hall–Kier alpha value is -2.96. The summed E-state index contributed by atoms with van der Waals surface area (Å²) in [5, 5.41) is 15.0. The van der Waals surface area contributed by atoms with Gasteiger partial charge >= 0.3 is 0 Å². The van der Waals surface area contributed by atoms with Gasteiger partial charge in [-0.1, -0.05) is 39.0 Å². The van der Waals surface area contributed by atoms with Crippen molar-refractivity contribution in [3.05, 3.63) is 52.1 Å². The Kier molecular flexibility index (Phi) is 4.63. The SMILES string of the molecule is Cn1nc(CC(C)(C)C)cc1NC(=O)Cc1n[nH]c(=O)c2ccccc12. The Morgan fingerprint density at radius 3 is 2.62 bits per heavy atom. The molecule has 0 saturated heterocycles. The van der Waals surface area contributed by atoms with Crippen LogP contribution >= 0.6 is 0 Å². The van der Waals surface area contributed by atoms with E-state index >= 15 is 0 Å². The van der Waals surface area contributed by atoms with Crippen molar-refractivity contribution in [1.82, 2.24) is 20.0 Å². The lowest BCUT2D eigenvalue weighted by Crippen LogP contribution is -2.19. The average molecular weight is 353 g/mol. The van der Waals surface area contributed by atoms with Gasteiger partial charge in [0.15, 0.2) is 0 Å². The molecule has 0 unspecified atom stereocenters. The van der Waals surface area contributed by atoms with Gasteiger partial charge in [-0.25, -0.2) is 5.10 Å². The summed E-state index contributed by atoms with van der Waals surface area (Å²) in [4.78, 5) is 24.3. The number of amides is 1. The normalized spacial score (nSPS) is 11.7. The molecule has 2 heterocycles. The Labute approximate surface area is 151 Å². The van der Waals surface area contributed by atoms with E-state index in [2.05, 4.69) is 41.4 Å². The minimum absolute atomic E-state index is 0.0665. The van der Waals surface area contributed by atoms with E-state index in [1.165, 1.54) is 0 Å². The molecule has 7 heteroatoms. The zero-order valence-electron chi connectivity index (χ0n) is 15.5. The van der Waals surface area contributed by atoms with Crippen LogP contribution in [0.4, 0.5) is 5.82 Å². The predicted molar refractivity (Wildman–Crippen MR) is 101 cm³/mol. The molecule has 0 aliphatic heterocycles. The second-order valence-electron chi connectivity index (χ2n) is 7.65. The van der Waals surface area contributed by atoms with E-state index in [1.54, 1.807) is 29.9 Å². The largest absolute Gasteiger partial charge is 0.311 e. The fourth-order valence-electron chi connectivity index (χ4n) is 2.92. The monoisotopic (exact) mass is 353 g/mol. The molecule has 1 aromatic carbocycles.